The van der Waals surface area contributed by atoms with Crippen molar-refractivity contribution >= 4 is 11.6 Å². The van der Waals surface area contributed by atoms with Crippen LogP contribution in [0.1, 0.15) is 12.8 Å². The Kier molecular flexibility index (Phi) is 1.55. The zero-order chi connectivity index (χ0) is 12.0. The summed E-state index contributed by atoms with van der Waals surface area (Å²) in [7, 11) is 0. The molecule has 0 spiro atoms. The average molecular weight is 240 g/mol. The van der Waals surface area contributed by atoms with E-state index in [9.17, 15) is 9.59 Å². The van der Waals surface area contributed by atoms with Gasteiger partial charge >= 0.3 is 0 Å². The van der Waals surface area contributed by atoms with Gasteiger partial charge in [0.2, 0.25) is 0 Å². The highest BCUT2D eigenvalue weighted by atomic mass is 16.1. The van der Waals surface area contributed by atoms with Crippen molar-refractivity contribution in [1.82, 2.24) is 0 Å². The van der Waals surface area contributed by atoms with Crippen LogP contribution in [0.2, 0.25) is 0 Å². The van der Waals surface area contributed by atoms with Gasteiger partial charge in [0, 0.05) is 23.7 Å². The van der Waals surface area contributed by atoms with Crippen LogP contribution in [0.25, 0.3) is 0 Å². The molecule has 0 aromatic rings. The topological polar surface area (TPSA) is 34.1 Å². The molecule has 2 heteroatoms. The first-order valence-electron chi connectivity index (χ1n) is 7.20. The molecule has 92 valence electrons. The number of Topliss-reactive ketones (excluding diaryl/α,β-unsaturated/α-hetero) is 2. The van der Waals surface area contributed by atoms with Crippen LogP contribution >= 0.6 is 0 Å². The van der Waals surface area contributed by atoms with Crippen LogP contribution in [0, 0.1) is 47.3 Å². The third-order valence-corrected chi connectivity index (χ3v) is 6.23. The average Bonchev–Trinajstić information content (AvgIpc) is 3.10. The quantitative estimate of drug-likeness (QED) is 0.607. The van der Waals surface area contributed by atoms with E-state index in [-0.39, 0.29) is 23.7 Å². The van der Waals surface area contributed by atoms with Crippen LogP contribution in [0.3, 0.4) is 0 Å². The van der Waals surface area contributed by atoms with Crippen LogP contribution in [0.4, 0.5) is 0 Å². The van der Waals surface area contributed by atoms with Crippen molar-refractivity contribution in [2.75, 3.05) is 0 Å². The number of allylic oxidation sites excluding steroid dienone is 4. The summed E-state index contributed by atoms with van der Waals surface area (Å²) in [6, 6.07) is 0. The molecule has 3 saturated carbocycles. The summed E-state index contributed by atoms with van der Waals surface area (Å²) in [4.78, 5) is 25.6. The Bertz CT molecular complexity index is 441. The summed E-state index contributed by atoms with van der Waals surface area (Å²) in [6.45, 7) is 0. The second kappa shape index (κ2) is 2.87. The van der Waals surface area contributed by atoms with Gasteiger partial charge in [0.1, 0.15) is 11.6 Å². The second-order valence-corrected chi connectivity index (χ2v) is 6.80. The molecule has 5 aliphatic rings. The van der Waals surface area contributed by atoms with Gasteiger partial charge in [-0.25, -0.2) is 0 Å². The highest BCUT2D eigenvalue weighted by Crippen LogP contribution is 2.60. The van der Waals surface area contributed by atoms with E-state index in [2.05, 4.69) is 24.3 Å². The van der Waals surface area contributed by atoms with Crippen LogP contribution in [-0.4, -0.2) is 11.6 Å². The maximum atomic E-state index is 12.8. The Morgan fingerprint density at radius 1 is 0.611 bits per heavy atom. The zero-order valence-corrected chi connectivity index (χ0v) is 10.2. The van der Waals surface area contributed by atoms with Crippen molar-refractivity contribution in [2.24, 2.45) is 47.3 Å². The first-order valence-corrected chi connectivity index (χ1v) is 7.20. The summed E-state index contributed by atoms with van der Waals surface area (Å²) < 4.78 is 0. The summed E-state index contributed by atoms with van der Waals surface area (Å²) in [5.74, 6) is 2.53. The third kappa shape index (κ3) is 0.877. The summed E-state index contributed by atoms with van der Waals surface area (Å²) >= 11 is 0. The van der Waals surface area contributed by atoms with Crippen LogP contribution < -0.4 is 0 Å². The van der Waals surface area contributed by atoms with Crippen LogP contribution in [0.15, 0.2) is 24.3 Å². The molecule has 0 heterocycles. The van der Waals surface area contributed by atoms with E-state index in [4.69, 9.17) is 0 Å². The normalized spacial score (nSPS) is 58.4. The molecule has 0 aliphatic heterocycles. The van der Waals surface area contributed by atoms with Crippen LogP contribution in [0.5, 0.6) is 0 Å². The predicted octanol–water partition coefficient (Wildman–Crippen LogP) is 2.01. The largest absolute Gasteiger partial charge is 0.299 e. The molecule has 0 radical (unpaired) electrons. The van der Waals surface area contributed by atoms with Crippen molar-refractivity contribution in [3.8, 4) is 0 Å². The maximum absolute atomic E-state index is 12.8. The first-order chi connectivity index (χ1) is 8.75. The van der Waals surface area contributed by atoms with Gasteiger partial charge in [-0.1, -0.05) is 24.3 Å². The van der Waals surface area contributed by atoms with E-state index in [0.29, 0.717) is 35.2 Å². The van der Waals surface area contributed by atoms with Gasteiger partial charge in [0.05, 0.1) is 0 Å². The molecular weight excluding hydrogens is 224 g/mol. The molecule has 5 aliphatic carbocycles. The lowest BCUT2D eigenvalue weighted by atomic mass is 9.60. The first kappa shape index (κ1) is 9.71. The molecule has 8 atom stereocenters. The molecular formula is C16H16O2. The molecule has 18 heavy (non-hydrogen) atoms. The summed E-state index contributed by atoms with van der Waals surface area (Å²) in [5.41, 5.74) is 0. The number of ketones is 2. The Balaban J connectivity index is 1.65. The molecule has 0 aromatic carbocycles. The monoisotopic (exact) mass is 240 g/mol. The number of fused-ring (bicyclic) bond motifs is 10. The lowest BCUT2D eigenvalue weighted by Gasteiger charge is -2.40. The van der Waals surface area contributed by atoms with Crippen molar-refractivity contribution in [1.29, 1.82) is 0 Å². The molecule has 2 nitrogen and oxygen atoms in total. The molecule has 0 saturated heterocycles. The van der Waals surface area contributed by atoms with Crippen LogP contribution in [-0.2, 0) is 9.59 Å². The number of carbonyl (C=O) groups excluding carboxylic acids is 2. The number of carbonyl (C=O) groups is 2. The van der Waals surface area contributed by atoms with Gasteiger partial charge in [-0.2, -0.15) is 0 Å². The smallest absolute Gasteiger partial charge is 0.141 e. The Morgan fingerprint density at radius 2 is 0.889 bits per heavy atom. The fourth-order valence-corrected chi connectivity index (χ4v) is 5.64. The SMILES string of the molecule is O=C1[C@@H]2[C@H](C(=O)[C@@H]3[C@H]1[C@@H]1C=C[C@H]3C1)[C@H]1C=C[C@@H]2C1. The standard InChI is InChI=1S/C16H16O2/c17-15-11-7-1-2-8(5-7)12(11)16(18)14-10-4-3-9(6-10)13(14)15/h1-4,7-14H,5-6H2/t7-,8+,9-,10+,11-,12+,13+,14-. The highest BCUT2D eigenvalue weighted by molar-refractivity contribution is 6.02. The van der Waals surface area contributed by atoms with Gasteiger partial charge in [0.15, 0.2) is 0 Å². The van der Waals surface area contributed by atoms with E-state index in [1.165, 1.54) is 0 Å². The Morgan fingerprint density at radius 3 is 1.17 bits per heavy atom. The maximum Gasteiger partial charge on any atom is 0.141 e. The van der Waals surface area contributed by atoms with E-state index in [1.807, 2.05) is 0 Å². The van der Waals surface area contributed by atoms with Crippen molar-refractivity contribution < 1.29 is 9.59 Å². The van der Waals surface area contributed by atoms with E-state index < -0.39 is 0 Å². The van der Waals surface area contributed by atoms with Crippen molar-refractivity contribution in [3.63, 3.8) is 0 Å². The summed E-state index contributed by atoms with van der Waals surface area (Å²) in [6.07, 6.45) is 10.9. The molecule has 5 rings (SSSR count). The summed E-state index contributed by atoms with van der Waals surface area (Å²) in [5, 5.41) is 0. The van der Waals surface area contributed by atoms with Gasteiger partial charge in [-0.3, -0.25) is 9.59 Å². The van der Waals surface area contributed by atoms with E-state index >= 15 is 0 Å². The zero-order valence-electron chi connectivity index (χ0n) is 10.2. The molecule has 0 N–H and O–H groups in total. The fraction of sp³-hybridized carbons (Fsp3) is 0.625. The van der Waals surface area contributed by atoms with Gasteiger partial charge in [-0.15, -0.1) is 0 Å². The fourth-order valence-electron chi connectivity index (χ4n) is 5.64. The minimum Gasteiger partial charge on any atom is -0.299 e. The molecule has 0 unspecified atom stereocenters. The van der Waals surface area contributed by atoms with Gasteiger partial charge < -0.3 is 0 Å². The van der Waals surface area contributed by atoms with Gasteiger partial charge in [0.25, 0.3) is 0 Å². The minimum absolute atomic E-state index is 0.0431. The minimum atomic E-state index is 0.0431. The van der Waals surface area contributed by atoms with Crippen molar-refractivity contribution in [3.05, 3.63) is 24.3 Å². The molecule has 4 bridgehead atoms. The van der Waals surface area contributed by atoms with E-state index in [1.54, 1.807) is 0 Å². The molecule has 0 aromatic heterocycles. The lowest BCUT2D eigenvalue weighted by molar-refractivity contribution is -0.148. The number of rotatable bonds is 0. The lowest BCUT2D eigenvalue weighted by Crippen LogP contribution is -2.50. The second-order valence-electron chi connectivity index (χ2n) is 6.80. The number of hydrogen-bond acceptors (Lipinski definition) is 2. The third-order valence-electron chi connectivity index (χ3n) is 6.23. The van der Waals surface area contributed by atoms with E-state index in [0.717, 1.165) is 12.8 Å². The molecule has 3 fully saturated rings. The highest BCUT2D eigenvalue weighted by Gasteiger charge is 2.63. The molecule has 0 amide bonds. The number of hydrogen-bond donors (Lipinski definition) is 0. The Labute approximate surface area is 106 Å². The predicted molar refractivity (Wildman–Crippen MR) is 65.4 cm³/mol. The van der Waals surface area contributed by atoms with Crippen molar-refractivity contribution in [2.45, 2.75) is 12.8 Å². The Hall–Kier alpha value is -1.18. The van der Waals surface area contributed by atoms with Gasteiger partial charge in [-0.05, 0) is 36.5 Å².